The molecule has 2 aliphatic heterocycles. The van der Waals surface area contributed by atoms with Crippen molar-refractivity contribution in [3.8, 4) is 11.5 Å². The molecule has 0 radical (unpaired) electrons. The van der Waals surface area contributed by atoms with E-state index in [0.29, 0.717) is 25.9 Å². The molecule has 0 spiro atoms. The van der Waals surface area contributed by atoms with Gasteiger partial charge in [-0.15, -0.1) is 0 Å². The molecule has 36 heavy (non-hydrogen) atoms. The zero-order valence-corrected chi connectivity index (χ0v) is 18.8. The minimum Gasteiger partial charge on any atom is -0.449 e. The van der Waals surface area contributed by atoms with Crippen molar-refractivity contribution < 1.29 is 42.1 Å². The average Bonchev–Trinajstić information content (AvgIpc) is 3.46. The molecule has 3 fully saturated rings. The third kappa shape index (κ3) is 4.14. The minimum absolute atomic E-state index is 0.0480. The number of carboxylic acid groups (broad SMARTS) is 1. The van der Waals surface area contributed by atoms with Crippen molar-refractivity contribution in [1.82, 2.24) is 9.88 Å². The fraction of sp³-hybridized carbons (Fsp3) is 0.500. The Kier molecular flexibility index (Phi) is 5.85. The molecule has 2 atom stereocenters. The van der Waals surface area contributed by atoms with Gasteiger partial charge in [-0.3, -0.25) is 4.79 Å². The lowest BCUT2D eigenvalue weighted by atomic mass is 9.91. The topological polar surface area (TPSA) is 145 Å². The number of nitrogens with two attached hydrogens (primary N) is 1. The Morgan fingerprint density at radius 2 is 2.08 bits per heavy atom. The molecule has 3 heterocycles. The van der Waals surface area contributed by atoms with Crippen LogP contribution in [-0.4, -0.2) is 60.3 Å². The van der Waals surface area contributed by atoms with E-state index in [9.17, 15) is 23.2 Å². The SMILES string of the molecule is NC(=O)NCC12CN(c3c(F)cc4c(=O)c(OC(=O)O)cn(C5CC5)c4c3OC(F)F)CC1CCO2. The third-order valence-corrected chi connectivity index (χ3v) is 6.89. The fourth-order valence-corrected chi connectivity index (χ4v) is 5.25. The van der Waals surface area contributed by atoms with Gasteiger partial charge in [0.05, 0.1) is 23.6 Å². The molecule has 1 aromatic heterocycles. The third-order valence-electron chi connectivity index (χ3n) is 6.89. The number of halogens is 3. The van der Waals surface area contributed by atoms with Crippen LogP contribution in [0, 0.1) is 11.7 Å². The molecule has 2 unspecified atom stereocenters. The summed E-state index contributed by atoms with van der Waals surface area (Å²) in [4.78, 5) is 36.8. The first-order valence-corrected chi connectivity index (χ1v) is 11.3. The van der Waals surface area contributed by atoms with Crippen molar-refractivity contribution >= 4 is 28.8 Å². The van der Waals surface area contributed by atoms with E-state index < -0.39 is 47.1 Å². The molecule has 2 saturated heterocycles. The number of pyridine rings is 1. The van der Waals surface area contributed by atoms with Gasteiger partial charge in [0.15, 0.2) is 17.3 Å². The summed E-state index contributed by atoms with van der Waals surface area (Å²) in [5.41, 5.74) is 2.96. The number of amides is 2. The number of carbonyl (C=O) groups excluding carboxylic acids is 1. The molecule has 1 aromatic carbocycles. The van der Waals surface area contributed by atoms with Crippen LogP contribution in [0.3, 0.4) is 0 Å². The summed E-state index contributed by atoms with van der Waals surface area (Å²) < 4.78 is 59.6. The molecule has 1 saturated carbocycles. The number of fused-ring (bicyclic) bond motifs is 2. The van der Waals surface area contributed by atoms with Gasteiger partial charge in [-0.25, -0.2) is 14.0 Å². The molecular weight excluding hydrogens is 489 g/mol. The van der Waals surface area contributed by atoms with Gasteiger partial charge in [0.2, 0.25) is 5.43 Å². The van der Waals surface area contributed by atoms with Crippen LogP contribution in [0.4, 0.5) is 28.4 Å². The maximum Gasteiger partial charge on any atom is 0.511 e. The van der Waals surface area contributed by atoms with Gasteiger partial charge in [0.1, 0.15) is 11.3 Å². The van der Waals surface area contributed by atoms with E-state index in [1.807, 2.05) is 0 Å². The highest BCUT2D eigenvalue weighted by molar-refractivity contribution is 5.92. The smallest absolute Gasteiger partial charge is 0.449 e. The van der Waals surface area contributed by atoms with Crippen LogP contribution in [0.1, 0.15) is 25.3 Å². The fourth-order valence-electron chi connectivity index (χ4n) is 5.25. The highest BCUT2D eigenvalue weighted by atomic mass is 19.3. The van der Waals surface area contributed by atoms with Crippen LogP contribution < -0.4 is 30.9 Å². The van der Waals surface area contributed by atoms with Gasteiger partial charge in [-0.2, -0.15) is 8.78 Å². The maximum atomic E-state index is 15.6. The van der Waals surface area contributed by atoms with Gasteiger partial charge in [-0.1, -0.05) is 0 Å². The Morgan fingerprint density at radius 1 is 1.33 bits per heavy atom. The van der Waals surface area contributed by atoms with E-state index >= 15 is 4.39 Å². The van der Waals surface area contributed by atoms with Gasteiger partial charge in [-0.05, 0) is 25.3 Å². The molecule has 3 aliphatic rings. The van der Waals surface area contributed by atoms with Crippen molar-refractivity contribution in [2.24, 2.45) is 11.7 Å². The molecule has 11 nitrogen and oxygen atoms in total. The van der Waals surface area contributed by atoms with Gasteiger partial charge in [0, 0.05) is 31.7 Å². The van der Waals surface area contributed by atoms with Crippen LogP contribution in [-0.2, 0) is 4.74 Å². The predicted octanol–water partition coefficient (Wildman–Crippen LogP) is 2.40. The summed E-state index contributed by atoms with van der Waals surface area (Å²) >= 11 is 0. The number of nitrogens with zero attached hydrogens (tertiary/aromatic N) is 2. The lowest BCUT2D eigenvalue weighted by molar-refractivity contribution is -0.0488. The summed E-state index contributed by atoms with van der Waals surface area (Å²) in [6.07, 6.45) is 1.24. The van der Waals surface area contributed by atoms with E-state index in [-0.39, 0.29) is 48.2 Å². The average molecular weight is 512 g/mol. The normalized spacial score (nSPS) is 23.2. The molecule has 1 aliphatic carbocycles. The molecular formula is C22H23F3N4O7. The summed E-state index contributed by atoms with van der Waals surface area (Å²) in [6.45, 7) is -2.61. The first-order chi connectivity index (χ1) is 17.1. The van der Waals surface area contributed by atoms with Crippen molar-refractivity contribution in [3.05, 3.63) is 28.3 Å². The second-order valence-electron chi connectivity index (χ2n) is 9.14. The standard InChI is InChI=1S/C22H23F3N4O7/c23-13-5-12-15(29(11-1-2-11)7-14(17(12)30)35-21(32)33)18(36-19(24)25)16(13)28-6-10-3-4-34-22(10,9-28)8-27-20(26)31/h5,7,10-11,19H,1-4,6,8-9H2,(H,32,33)(H3,26,27,31). The second kappa shape index (κ2) is 8.76. The number of hydrogen-bond acceptors (Lipinski definition) is 7. The Bertz CT molecular complexity index is 1300. The van der Waals surface area contributed by atoms with E-state index in [2.05, 4.69) is 10.1 Å². The van der Waals surface area contributed by atoms with Crippen molar-refractivity contribution in [2.45, 2.75) is 37.5 Å². The highest BCUT2D eigenvalue weighted by Gasteiger charge is 2.52. The Balaban J connectivity index is 1.67. The summed E-state index contributed by atoms with van der Waals surface area (Å²) in [5, 5.41) is 11.1. The summed E-state index contributed by atoms with van der Waals surface area (Å²) in [6, 6.07) is -0.124. The monoisotopic (exact) mass is 512 g/mol. The van der Waals surface area contributed by atoms with Gasteiger partial charge < -0.3 is 39.8 Å². The number of nitrogens with one attached hydrogen (secondary N) is 1. The molecule has 2 aromatic rings. The molecule has 2 amide bonds. The van der Waals surface area contributed by atoms with E-state index in [1.54, 1.807) is 0 Å². The Labute approximate surface area is 201 Å². The van der Waals surface area contributed by atoms with Crippen molar-refractivity contribution in [2.75, 3.05) is 31.1 Å². The lowest BCUT2D eigenvalue weighted by Gasteiger charge is -2.29. The van der Waals surface area contributed by atoms with Gasteiger partial charge >= 0.3 is 18.8 Å². The number of rotatable bonds is 7. The zero-order valence-electron chi connectivity index (χ0n) is 18.8. The quantitative estimate of drug-likeness (QED) is 0.480. The summed E-state index contributed by atoms with van der Waals surface area (Å²) in [5.74, 6) is -2.28. The predicted molar refractivity (Wildman–Crippen MR) is 118 cm³/mol. The van der Waals surface area contributed by atoms with Crippen LogP contribution >= 0.6 is 0 Å². The number of ether oxygens (including phenoxy) is 3. The van der Waals surface area contributed by atoms with E-state index in [1.165, 1.54) is 9.47 Å². The van der Waals surface area contributed by atoms with Crippen molar-refractivity contribution in [1.29, 1.82) is 0 Å². The number of benzene rings is 1. The highest BCUT2D eigenvalue weighted by Crippen LogP contribution is 2.48. The maximum absolute atomic E-state index is 15.6. The first kappa shape index (κ1) is 24.0. The number of aromatic nitrogens is 1. The molecule has 14 heteroatoms. The van der Waals surface area contributed by atoms with Crippen LogP contribution in [0.25, 0.3) is 10.9 Å². The number of urea groups is 1. The second-order valence-corrected chi connectivity index (χ2v) is 9.14. The van der Waals surface area contributed by atoms with Crippen LogP contribution in [0.15, 0.2) is 17.1 Å². The largest absolute Gasteiger partial charge is 0.511 e. The van der Waals surface area contributed by atoms with E-state index in [4.69, 9.17) is 20.3 Å². The minimum atomic E-state index is -3.34. The van der Waals surface area contributed by atoms with E-state index in [0.717, 1.165) is 12.3 Å². The Morgan fingerprint density at radius 3 is 2.72 bits per heavy atom. The number of carbonyl (C=O) groups is 2. The number of anilines is 1. The number of alkyl halides is 2. The van der Waals surface area contributed by atoms with Crippen LogP contribution in [0.5, 0.6) is 11.5 Å². The molecule has 4 N–H and O–H groups in total. The van der Waals surface area contributed by atoms with Crippen LogP contribution in [0.2, 0.25) is 0 Å². The number of primary amides is 1. The molecule has 5 rings (SSSR count). The molecule has 0 bridgehead atoms. The lowest BCUT2D eigenvalue weighted by Crippen LogP contribution is -2.49. The van der Waals surface area contributed by atoms with Gasteiger partial charge in [0.25, 0.3) is 0 Å². The zero-order chi connectivity index (χ0) is 25.8. The Hall–Kier alpha value is -3.68. The van der Waals surface area contributed by atoms with Crippen molar-refractivity contribution in [3.63, 3.8) is 0 Å². The molecule has 194 valence electrons. The summed E-state index contributed by atoms with van der Waals surface area (Å²) in [7, 11) is 0. The number of hydrogen-bond donors (Lipinski definition) is 3. The first-order valence-electron chi connectivity index (χ1n) is 11.3.